The summed E-state index contributed by atoms with van der Waals surface area (Å²) >= 11 is 3.53. The van der Waals surface area contributed by atoms with Crippen LogP contribution in [0.15, 0.2) is 33.7 Å². The molecule has 2 N–H and O–H groups in total. The molecule has 1 fully saturated rings. The average molecular weight is 350 g/mol. The molecule has 0 saturated heterocycles. The molecule has 21 heavy (non-hydrogen) atoms. The summed E-state index contributed by atoms with van der Waals surface area (Å²) in [6.07, 6.45) is 1.46. The normalized spacial score (nSPS) is 35.6. The lowest BCUT2D eigenvalue weighted by atomic mass is 9.83. The first-order chi connectivity index (χ1) is 9.76. The van der Waals surface area contributed by atoms with Gasteiger partial charge in [-0.05, 0) is 42.4 Å². The number of hydrogen-bond acceptors (Lipinski definition) is 3. The number of guanidine groups is 1. The lowest BCUT2D eigenvalue weighted by molar-refractivity contribution is -0.128. The van der Waals surface area contributed by atoms with Crippen LogP contribution in [0.25, 0.3) is 0 Å². The molecule has 1 aliphatic heterocycles. The van der Waals surface area contributed by atoms with Crippen molar-refractivity contribution in [2.24, 2.45) is 16.6 Å². The zero-order valence-electron chi connectivity index (χ0n) is 12.6. The van der Waals surface area contributed by atoms with Gasteiger partial charge in [-0.15, -0.1) is 0 Å². The van der Waals surface area contributed by atoms with Gasteiger partial charge in [0.25, 0.3) is 0 Å². The summed E-state index contributed by atoms with van der Waals surface area (Å²) in [6.45, 7) is 4.30. The molecule has 1 heterocycles. The number of amides is 1. The molecule has 112 valence electrons. The number of halogens is 1. The van der Waals surface area contributed by atoms with Gasteiger partial charge in [0.05, 0.1) is 12.0 Å². The molecular weight excluding hydrogens is 330 g/mol. The van der Waals surface area contributed by atoms with Crippen LogP contribution in [0.5, 0.6) is 0 Å². The molecule has 0 spiro atoms. The molecule has 1 aromatic carbocycles. The fourth-order valence-corrected chi connectivity index (χ4v) is 3.96. The van der Waals surface area contributed by atoms with E-state index in [1.54, 1.807) is 7.05 Å². The minimum atomic E-state index is -0.398. The van der Waals surface area contributed by atoms with Crippen molar-refractivity contribution < 1.29 is 4.79 Å². The number of nitrogens with zero attached hydrogens (tertiary/aromatic N) is 2. The molecule has 1 aromatic rings. The van der Waals surface area contributed by atoms with Gasteiger partial charge in [0, 0.05) is 11.5 Å². The van der Waals surface area contributed by atoms with E-state index >= 15 is 0 Å². The second-order valence-electron chi connectivity index (χ2n) is 6.64. The van der Waals surface area contributed by atoms with Crippen LogP contribution >= 0.6 is 15.9 Å². The van der Waals surface area contributed by atoms with Crippen LogP contribution in [0.2, 0.25) is 0 Å². The molecule has 0 radical (unpaired) electrons. The number of rotatable bonds is 2. The maximum absolute atomic E-state index is 12.1. The number of nitrogens with two attached hydrogens (primary N) is 1. The lowest BCUT2D eigenvalue weighted by Crippen LogP contribution is -2.50. The Morgan fingerprint density at radius 3 is 2.76 bits per heavy atom. The second kappa shape index (κ2) is 4.57. The first kappa shape index (κ1) is 14.6. The van der Waals surface area contributed by atoms with E-state index in [0.717, 1.165) is 10.9 Å². The molecule has 1 amide bonds. The van der Waals surface area contributed by atoms with Crippen LogP contribution < -0.4 is 5.73 Å². The number of aliphatic imine (C=N–C) groups is 1. The molecule has 3 rings (SSSR count). The minimum absolute atomic E-state index is 0.0495. The fraction of sp³-hybridized carbons (Fsp3) is 0.500. The van der Waals surface area contributed by atoms with Crippen LogP contribution in [0.1, 0.15) is 32.3 Å². The monoisotopic (exact) mass is 349 g/mol. The Bertz CT molecular complexity index is 644. The van der Waals surface area contributed by atoms with Gasteiger partial charge in [-0.2, -0.15) is 0 Å². The fourth-order valence-electron chi connectivity index (χ4n) is 3.56. The number of hydrogen-bond donors (Lipinski definition) is 1. The highest BCUT2D eigenvalue weighted by Crippen LogP contribution is 2.61. The third-order valence-corrected chi connectivity index (χ3v) is 5.56. The molecule has 0 aromatic heterocycles. The molecule has 3 atom stereocenters. The van der Waals surface area contributed by atoms with Gasteiger partial charge in [0.15, 0.2) is 5.96 Å². The predicted octanol–water partition coefficient (Wildman–Crippen LogP) is 2.66. The van der Waals surface area contributed by atoms with E-state index in [1.807, 2.05) is 6.07 Å². The van der Waals surface area contributed by atoms with Gasteiger partial charge in [-0.3, -0.25) is 9.69 Å². The van der Waals surface area contributed by atoms with Crippen molar-refractivity contribution in [1.82, 2.24) is 4.90 Å². The summed E-state index contributed by atoms with van der Waals surface area (Å²) in [6, 6.07) is 8.40. The molecule has 5 heteroatoms. The standard InChI is InChI=1S/C16H20BrN3O/c1-15(10-5-4-6-11(17)7-10)8-12(15)16(2)9-13(21)20(3)14(18)19-16/h4-7,12H,8-9H2,1-3H3,(H2,18,19)/t12-,15-,16+/m1/s1. The first-order valence-corrected chi connectivity index (χ1v) is 7.93. The first-order valence-electron chi connectivity index (χ1n) is 7.14. The molecule has 0 unspecified atom stereocenters. The van der Waals surface area contributed by atoms with E-state index in [1.165, 1.54) is 10.5 Å². The van der Waals surface area contributed by atoms with Crippen molar-refractivity contribution in [3.63, 3.8) is 0 Å². The van der Waals surface area contributed by atoms with Crippen LogP contribution in [0, 0.1) is 5.92 Å². The van der Waals surface area contributed by atoms with Gasteiger partial charge < -0.3 is 5.73 Å². The molecule has 1 saturated carbocycles. The van der Waals surface area contributed by atoms with Crippen molar-refractivity contribution in [2.45, 2.75) is 37.6 Å². The molecular formula is C16H20BrN3O. The van der Waals surface area contributed by atoms with E-state index in [9.17, 15) is 4.79 Å². The van der Waals surface area contributed by atoms with Crippen molar-refractivity contribution >= 4 is 27.8 Å². The van der Waals surface area contributed by atoms with Crippen molar-refractivity contribution in [3.05, 3.63) is 34.3 Å². The highest BCUT2D eigenvalue weighted by atomic mass is 79.9. The largest absolute Gasteiger partial charge is 0.369 e. The van der Waals surface area contributed by atoms with Crippen molar-refractivity contribution in [1.29, 1.82) is 0 Å². The van der Waals surface area contributed by atoms with Crippen molar-refractivity contribution in [3.8, 4) is 0 Å². The lowest BCUT2D eigenvalue weighted by Gasteiger charge is -2.35. The third kappa shape index (κ3) is 2.27. The van der Waals surface area contributed by atoms with Gasteiger partial charge in [0.1, 0.15) is 0 Å². The van der Waals surface area contributed by atoms with Crippen LogP contribution in [-0.4, -0.2) is 29.4 Å². The van der Waals surface area contributed by atoms with E-state index in [4.69, 9.17) is 5.73 Å². The van der Waals surface area contributed by atoms with Crippen LogP contribution in [-0.2, 0) is 10.2 Å². The minimum Gasteiger partial charge on any atom is -0.369 e. The Balaban J connectivity index is 1.92. The maximum atomic E-state index is 12.1. The summed E-state index contributed by atoms with van der Waals surface area (Å²) in [5, 5.41) is 0. The Morgan fingerprint density at radius 1 is 1.43 bits per heavy atom. The van der Waals surface area contributed by atoms with E-state index in [2.05, 4.69) is 53.0 Å². The van der Waals surface area contributed by atoms with Gasteiger partial charge in [-0.1, -0.05) is 35.0 Å². The zero-order valence-corrected chi connectivity index (χ0v) is 14.1. The quantitative estimate of drug-likeness (QED) is 0.892. The number of carbonyl (C=O) groups excluding carboxylic acids is 1. The summed E-state index contributed by atoms with van der Waals surface area (Å²) in [5.74, 6) is 0.723. The molecule has 0 bridgehead atoms. The summed E-state index contributed by atoms with van der Waals surface area (Å²) in [7, 11) is 1.68. The highest BCUT2D eigenvalue weighted by Gasteiger charge is 2.61. The van der Waals surface area contributed by atoms with E-state index in [0.29, 0.717) is 18.3 Å². The smallest absolute Gasteiger partial charge is 0.231 e. The van der Waals surface area contributed by atoms with E-state index in [-0.39, 0.29) is 11.3 Å². The van der Waals surface area contributed by atoms with Crippen molar-refractivity contribution in [2.75, 3.05) is 7.05 Å². The summed E-state index contributed by atoms with van der Waals surface area (Å²) in [5.41, 5.74) is 6.87. The van der Waals surface area contributed by atoms with Gasteiger partial charge >= 0.3 is 0 Å². The topological polar surface area (TPSA) is 58.7 Å². The average Bonchev–Trinajstić information content (AvgIpc) is 3.11. The molecule has 4 nitrogen and oxygen atoms in total. The zero-order chi connectivity index (χ0) is 15.4. The molecule has 1 aliphatic carbocycles. The van der Waals surface area contributed by atoms with Gasteiger partial charge in [0.2, 0.25) is 5.91 Å². The van der Waals surface area contributed by atoms with E-state index < -0.39 is 5.54 Å². The summed E-state index contributed by atoms with van der Waals surface area (Å²) < 4.78 is 1.08. The SMILES string of the molecule is CN1C(=O)C[C@@](C)([C@@H]2C[C@]2(C)c2cccc(Br)c2)N=C1N. The number of benzene rings is 1. The van der Waals surface area contributed by atoms with Crippen LogP contribution in [0.3, 0.4) is 0 Å². The Hall–Kier alpha value is -1.36. The Morgan fingerprint density at radius 2 is 2.14 bits per heavy atom. The predicted molar refractivity (Wildman–Crippen MR) is 87.0 cm³/mol. The molecule has 2 aliphatic rings. The van der Waals surface area contributed by atoms with Gasteiger partial charge in [-0.25, -0.2) is 4.99 Å². The second-order valence-corrected chi connectivity index (χ2v) is 7.56. The maximum Gasteiger partial charge on any atom is 0.231 e. The Kier molecular flexibility index (Phi) is 3.17. The number of carbonyl (C=O) groups is 1. The highest BCUT2D eigenvalue weighted by molar-refractivity contribution is 9.10. The third-order valence-electron chi connectivity index (χ3n) is 5.07. The van der Waals surface area contributed by atoms with Crippen LogP contribution in [0.4, 0.5) is 0 Å². The summed E-state index contributed by atoms with van der Waals surface area (Å²) in [4.78, 5) is 18.2. The Labute approximate surface area is 133 Å².